The van der Waals surface area contributed by atoms with Crippen molar-refractivity contribution in [3.05, 3.63) is 89.0 Å². The highest BCUT2D eigenvalue weighted by Crippen LogP contribution is 2.25. The van der Waals surface area contributed by atoms with E-state index in [1.165, 1.54) is 0 Å². The van der Waals surface area contributed by atoms with Crippen LogP contribution in [0.15, 0.2) is 71.4 Å². The lowest BCUT2D eigenvalue weighted by Gasteiger charge is -2.12. The Morgan fingerprint density at radius 3 is 2.63 bits per heavy atom. The highest BCUT2D eigenvalue weighted by Gasteiger charge is 2.21. The van der Waals surface area contributed by atoms with E-state index in [1.807, 2.05) is 68.4 Å². The van der Waals surface area contributed by atoms with Crippen molar-refractivity contribution in [1.29, 1.82) is 0 Å². The van der Waals surface area contributed by atoms with Gasteiger partial charge in [0.05, 0.1) is 24.0 Å². The molecule has 3 heterocycles. The van der Waals surface area contributed by atoms with Crippen LogP contribution < -0.4 is 5.32 Å². The van der Waals surface area contributed by atoms with E-state index in [0.29, 0.717) is 22.2 Å². The first kappa shape index (κ1) is 19.9. The van der Waals surface area contributed by atoms with Gasteiger partial charge in [0, 0.05) is 16.8 Å². The maximum atomic E-state index is 12.9. The van der Waals surface area contributed by atoms with E-state index in [1.54, 1.807) is 17.1 Å². The summed E-state index contributed by atoms with van der Waals surface area (Å²) < 4.78 is 7.57. The molecule has 0 radical (unpaired) electrons. The van der Waals surface area contributed by atoms with E-state index in [4.69, 9.17) is 16.0 Å². The molecule has 0 aliphatic heterocycles. The van der Waals surface area contributed by atoms with E-state index in [2.05, 4.69) is 15.4 Å². The van der Waals surface area contributed by atoms with Crippen LogP contribution in [0.3, 0.4) is 0 Å². The van der Waals surface area contributed by atoms with Gasteiger partial charge in [0.25, 0.3) is 5.91 Å². The molecule has 0 spiro atoms. The number of benzene rings is 1. The van der Waals surface area contributed by atoms with Crippen molar-refractivity contribution in [3.8, 4) is 17.1 Å². The zero-order valence-electron chi connectivity index (χ0n) is 16.7. The number of halogens is 1. The second kappa shape index (κ2) is 8.55. The molecular weight excluding hydrogens is 400 g/mol. The Bertz CT molecular complexity index is 1150. The Morgan fingerprint density at radius 1 is 1.13 bits per heavy atom. The van der Waals surface area contributed by atoms with Gasteiger partial charge >= 0.3 is 0 Å². The SMILES string of the molecule is CC(C)c1c(C(=O)NCc2ccc(-c3ccc(Cl)cc3)o2)cnn1-c1ccccn1. The summed E-state index contributed by atoms with van der Waals surface area (Å²) in [5, 5.41) is 7.99. The Morgan fingerprint density at radius 2 is 1.93 bits per heavy atom. The van der Waals surface area contributed by atoms with Gasteiger partial charge < -0.3 is 9.73 Å². The molecule has 0 unspecified atom stereocenters. The number of rotatable bonds is 6. The first-order valence-corrected chi connectivity index (χ1v) is 10.0. The van der Waals surface area contributed by atoms with E-state index in [-0.39, 0.29) is 18.4 Å². The molecule has 152 valence electrons. The first-order chi connectivity index (χ1) is 14.5. The molecule has 0 bridgehead atoms. The Balaban J connectivity index is 1.50. The molecule has 1 aromatic carbocycles. The van der Waals surface area contributed by atoms with Crippen LogP contribution >= 0.6 is 11.6 Å². The van der Waals surface area contributed by atoms with Crippen LogP contribution in [-0.4, -0.2) is 20.7 Å². The molecule has 0 saturated carbocycles. The fourth-order valence-corrected chi connectivity index (χ4v) is 3.38. The molecule has 4 rings (SSSR count). The minimum atomic E-state index is -0.203. The fraction of sp³-hybridized carbons (Fsp3) is 0.174. The minimum absolute atomic E-state index is 0.0929. The minimum Gasteiger partial charge on any atom is -0.459 e. The molecule has 0 aliphatic carbocycles. The molecule has 30 heavy (non-hydrogen) atoms. The van der Waals surface area contributed by atoms with Gasteiger partial charge in [-0.25, -0.2) is 9.67 Å². The molecule has 4 aromatic rings. The average molecular weight is 421 g/mol. The van der Waals surface area contributed by atoms with Gasteiger partial charge in [-0.2, -0.15) is 5.10 Å². The average Bonchev–Trinajstić information content (AvgIpc) is 3.41. The lowest BCUT2D eigenvalue weighted by atomic mass is 10.1. The number of hydrogen-bond donors (Lipinski definition) is 1. The zero-order valence-corrected chi connectivity index (χ0v) is 17.4. The van der Waals surface area contributed by atoms with Crippen LogP contribution in [0.5, 0.6) is 0 Å². The van der Waals surface area contributed by atoms with Crippen LogP contribution in [0.2, 0.25) is 5.02 Å². The summed E-state index contributed by atoms with van der Waals surface area (Å²) in [5.74, 6) is 1.96. The fourth-order valence-electron chi connectivity index (χ4n) is 3.25. The van der Waals surface area contributed by atoms with Crippen molar-refractivity contribution in [2.24, 2.45) is 0 Å². The van der Waals surface area contributed by atoms with Crippen molar-refractivity contribution in [3.63, 3.8) is 0 Å². The number of amides is 1. The molecule has 0 atom stereocenters. The van der Waals surface area contributed by atoms with Crippen LogP contribution in [0.1, 0.15) is 41.6 Å². The molecule has 1 amide bonds. The van der Waals surface area contributed by atoms with Crippen LogP contribution in [0.4, 0.5) is 0 Å². The van der Waals surface area contributed by atoms with Crippen molar-refractivity contribution >= 4 is 17.5 Å². The standard InChI is InChI=1S/C23H21ClN4O2/c1-15(2)22-19(14-27-28(22)21-5-3-4-12-25-21)23(29)26-13-18-10-11-20(30-18)16-6-8-17(24)9-7-16/h3-12,14-15H,13H2,1-2H3,(H,26,29). The van der Waals surface area contributed by atoms with Crippen molar-refractivity contribution in [1.82, 2.24) is 20.1 Å². The number of carbonyl (C=O) groups is 1. The molecule has 3 aromatic heterocycles. The summed E-state index contributed by atoms with van der Waals surface area (Å²) in [6.07, 6.45) is 3.29. The summed E-state index contributed by atoms with van der Waals surface area (Å²) in [6.45, 7) is 4.33. The molecule has 6 nitrogen and oxygen atoms in total. The highest BCUT2D eigenvalue weighted by atomic mass is 35.5. The summed E-state index contributed by atoms with van der Waals surface area (Å²) >= 11 is 5.93. The van der Waals surface area contributed by atoms with Gasteiger partial charge in [-0.3, -0.25) is 4.79 Å². The monoisotopic (exact) mass is 420 g/mol. The van der Waals surface area contributed by atoms with Gasteiger partial charge in [-0.1, -0.05) is 31.5 Å². The predicted molar refractivity (Wildman–Crippen MR) is 116 cm³/mol. The number of nitrogens with one attached hydrogen (secondary N) is 1. The molecular formula is C23H21ClN4O2. The Kier molecular flexibility index (Phi) is 5.68. The van der Waals surface area contributed by atoms with E-state index >= 15 is 0 Å². The zero-order chi connectivity index (χ0) is 21.1. The number of carbonyl (C=O) groups excluding carboxylic acids is 1. The largest absolute Gasteiger partial charge is 0.459 e. The summed E-state index contributed by atoms with van der Waals surface area (Å²) in [5.41, 5.74) is 2.27. The molecule has 0 fully saturated rings. The van der Waals surface area contributed by atoms with Crippen LogP contribution in [0.25, 0.3) is 17.1 Å². The van der Waals surface area contributed by atoms with E-state index in [9.17, 15) is 4.79 Å². The third kappa shape index (κ3) is 4.14. The van der Waals surface area contributed by atoms with Gasteiger partial charge in [-0.15, -0.1) is 0 Å². The topological polar surface area (TPSA) is 73.0 Å². The van der Waals surface area contributed by atoms with E-state index in [0.717, 1.165) is 17.0 Å². The lowest BCUT2D eigenvalue weighted by molar-refractivity contribution is 0.0946. The Labute approximate surface area is 179 Å². The summed E-state index contributed by atoms with van der Waals surface area (Å²) in [4.78, 5) is 17.2. The van der Waals surface area contributed by atoms with Crippen LogP contribution in [0, 0.1) is 0 Å². The normalized spacial score (nSPS) is 11.1. The smallest absolute Gasteiger partial charge is 0.255 e. The van der Waals surface area contributed by atoms with E-state index < -0.39 is 0 Å². The number of pyridine rings is 1. The highest BCUT2D eigenvalue weighted by molar-refractivity contribution is 6.30. The number of aromatic nitrogens is 3. The molecule has 0 saturated heterocycles. The third-order valence-electron chi connectivity index (χ3n) is 4.68. The third-order valence-corrected chi connectivity index (χ3v) is 4.93. The van der Waals surface area contributed by atoms with Gasteiger partial charge in [0.2, 0.25) is 0 Å². The lowest BCUT2D eigenvalue weighted by Crippen LogP contribution is -2.24. The second-order valence-corrected chi connectivity index (χ2v) is 7.59. The summed E-state index contributed by atoms with van der Waals surface area (Å²) in [6, 6.07) is 16.7. The maximum Gasteiger partial charge on any atom is 0.255 e. The molecule has 1 N–H and O–H groups in total. The molecule has 0 aliphatic rings. The summed E-state index contributed by atoms with van der Waals surface area (Å²) in [7, 11) is 0. The van der Waals surface area contributed by atoms with Crippen molar-refractivity contribution in [2.45, 2.75) is 26.3 Å². The van der Waals surface area contributed by atoms with Crippen molar-refractivity contribution in [2.75, 3.05) is 0 Å². The second-order valence-electron chi connectivity index (χ2n) is 7.15. The first-order valence-electron chi connectivity index (χ1n) is 9.65. The predicted octanol–water partition coefficient (Wildman–Crippen LogP) is 5.23. The van der Waals surface area contributed by atoms with Gasteiger partial charge in [0.1, 0.15) is 11.5 Å². The van der Waals surface area contributed by atoms with Crippen LogP contribution in [-0.2, 0) is 6.54 Å². The maximum absolute atomic E-state index is 12.9. The number of nitrogens with zero attached hydrogens (tertiary/aromatic N) is 3. The van der Waals surface area contributed by atoms with Crippen molar-refractivity contribution < 1.29 is 9.21 Å². The Hall–Kier alpha value is -3.38. The number of hydrogen-bond acceptors (Lipinski definition) is 4. The quantitative estimate of drug-likeness (QED) is 0.463. The number of furan rings is 1. The van der Waals surface area contributed by atoms with Gasteiger partial charge in [0.15, 0.2) is 5.82 Å². The molecule has 7 heteroatoms. The van der Waals surface area contributed by atoms with Gasteiger partial charge in [-0.05, 0) is 54.4 Å².